The maximum Gasteiger partial charge on any atom is 0.136 e. The molecule has 25 rings (SSSR count). The molecule has 6 aromatic heterocycles. The lowest BCUT2D eigenvalue weighted by Gasteiger charge is -2.11. The molecule has 0 unspecified atom stereocenters. The lowest BCUT2D eigenvalue weighted by atomic mass is 9.91. The summed E-state index contributed by atoms with van der Waals surface area (Å²) in [6.07, 6.45) is 0. The molecule has 8 nitrogen and oxygen atoms in total. The summed E-state index contributed by atoms with van der Waals surface area (Å²) in [7, 11) is 0. The van der Waals surface area contributed by atoms with Crippen LogP contribution in [0.1, 0.15) is 0 Å². The molecule has 3 aliphatic rings. The number of hydrogen-bond acceptors (Lipinski definition) is 6. The van der Waals surface area contributed by atoms with Crippen LogP contribution in [0.4, 0.5) is 0 Å². The Kier molecular flexibility index (Phi) is 11.5. The highest BCUT2D eigenvalue weighted by atomic mass is 16.3. The van der Waals surface area contributed by atoms with Crippen molar-refractivity contribution >= 4 is 174 Å². The zero-order valence-corrected chi connectivity index (χ0v) is 57.5. The Morgan fingerprint density at radius 2 is 0.380 bits per heavy atom. The summed E-state index contributed by atoms with van der Waals surface area (Å²) in [5, 5.41) is 21.1. The molecule has 8 heteroatoms. The fourth-order valence-electron chi connectivity index (χ4n) is 18.2. The van der Waals surface area contributed by atoms with Crippen molar-refractivity contribution in [2.24, 2.45) is 0 Å². The van der Waals surface area contributed by atoms with Gasteiger partial charge in [0.05, 0.1) is 44.8 Å². The van der Waals surface area contributed by atoms with Gasteiger partial charge < -0.3 is 27.6 Å². The van der Waals surface area contributed by atoms with Gasteiger partial charge in [-0.1, -0.05) is 194 Å². The number of hydrogen-bond donors (Lipinski definition) is 2. The number of aromatic amines is 2. The molecule has 108 heavy (non-hydrogen) atoms. The summed E-state index contributed by atoms with van der Waals surface area (Å²) in [6, 6.07) is 114. The molecular formula is C100H54N4O4. The number of fused-ring (bicyclic) bond motifs is 16. The van der Waals surface area contributed by atoms with Crippen molar-refractivity contribution in [1.82, 2.24) is 19.9 Å². The molecule has 8 heterocycles. The van der Waals surface area contributed by atoms with E-state index in [2.05, 4.69) is 301 Å². The number of aromatic nitrogens is 4. The van der Waals surface area contributed by atoms with Crippen LogP contribution in [0.3, 0.4) is 0 Å². The van der Waals surface area contributed by atoms with Gasteiger partial charge in [-0.2, -0.15) is 0 Å². The molecule has 0 atom stereocenters. The van der Waals surface area contributed by atoms with E-state index in [4.69, 9.17) is 27.6 Å². The highest BCUT2D eigenvalue weighted by Crippen LogP contribution is 2.55. The molecule has 16 aromatic carbocycles. The van der Waals surface area contributed by atoms with Gasteiger partial charge in [-0.3, -0.25) is 0 Å². The van der Waals surface area contributed by atoms with Crippen molar-refractivity contribution in [3.8, 4) is 89.5 Å². The maximum absolute atomic E-state index is 6.96. The number of rotatable bonds is 4. The average Bonchev–Trinajstić information content (AvgIpc) is 1.55. The van der Waals surface area contributed by atoms with Gasteiger partial charge in [0.15, 0.2) is 0 Å². The number of para-hydroxylation sites is 4. The zero-order chi connectivity index (χ0) is 70.1. The van der Waals surface area contributed by atoms with Gasteiger partial charge in [-0.05, 0) is 187 Å². The zero-order valence-electron chi connectivity index (χ0n) is 57.5. The van der Waals surface area contributed by atoms with Crippen LogP contribution in [0, 0.1) is 0 Å². The molecule has 8 bridgehead atoms. The predicted octanol–water partition coefficient (Wildman–Crippen LogP) is 28.2. The van der Waals surface area contributed by atoms with Gasteiger partial charge >= 0.3 is 0 Å². The minimum atomic E-state index is 0.769. The first kappa shape index (κ1) is 57.9. The molecule has 2 N–H and O–H groups in total. The van der Waals surface area contributed by atoms with Gasteiger partial charge in [-0.25, -0.2) is 9.97 Å². The van der Waals surface area contributed by atoms with Crippen LogP contribution >= 0.6 is 0 Å². The minimum absolute atomic E-state index is 0.769. The molecule has 0 amide bonds. The van der Waals surface area contributed by atoms with Gasteiger partial charge in [0.2, 0.25) is 0 Å². The van der Waals surface area contributed by atoms with E-state index < -0.39 is 0 Å². The molecule has 2 aliphatic heterocycles. The monoisotopic (exact) mass is 1370 g/mol. The number of nitrogens with zero attached hydrogens (tertiary/aromatic N) is 2. The van der Waals surface area contributed by atoms with Gasteiger partial charge in [0.25, 0.3) is 0 Å². The van der Waals surface area contributed by atoms with E-state index in [9.17, 15) is 0 Å². The Balaban J connectivity index is 0.975. The summed E-state index contributed by atoms with van der Waals surface area (Å²) in [4.78, 5) is 21.7. The van der Waals surface area contributed by atoms with E-state index in [1.54, 1.807) is 0 Å². The summed E-state index contributed by atoms with van der Waals surface area (Å²) in [6.45, 7) is 0. The fourth-order valence-corrected chi connectivity index (χ4v) is 18.2. The van der Waals surface area contributed by atoms with E-state index in [-0.39, 0.29) is 0 Å². The predicted molar refractivity (Wildman–Crippen MR) is 446 cm³/mol. The fraction of sp³-hybridized carbons (Fsp3) is 0. The molecule has 0 saturated carbocycles. The normalized spacial score (nSPS) is 12.4. The second-order valence-electron chi connectivity index (χ2n) is 29.1. The first-order chi connectivity index (χ1) is 53.5. The van der Waals surface area contributed by atoms with Gasteiger partial charge in [0.1, 0.15) is 44.7 Å². The van der Waals surface area contributed by atoms with Crippen molar-refractivity contribution in [2.45, 2.75) is 0 Å². The van der Waals surface area contributed by atoms with Crippen molar-refractivity contribution in [2.75, 3.05) is 0 Å². The van der Waals surface area contributed by atoms with Crippen LogP contribution in [0.15, 0.2) is 333 Å². The number of furan rings is 4. The van der Waals surface area contributed by atoms with Crippen LogP contribution < -0.4 is 0 Å². The van der Waals surface area contributed by atoms with Crippen LogP contribution in [-0.2, 0) is 0 Å². The highest BCUT2D eigenvalue weighted by molar-refractivity contribution is 6.26. The lowest BCUT2D eigenvalue weighted by molar-refractivity contribution is 0.668. The van der Waals surface area contributed by atoms with E-state index in [0.29, 0.717) is 0 Å². The smallest absolute Gasteiger partial charge is 0.136 e. The Hall–Kier alpha value is -14.6. The summed E-state index contributed by atoms with van der Waals surface area (Å²) in [5.41, 5.74) is 24.2. The third-order valence-corrected chi connectivity index (χ3v) is 23.2. The molecule has 0 radical (unpaired) electrons. The maximum atomic E-state index is 6.96. The Morgan fingerprint density at radius 3 is 0.620 bits per heavy atom. The lowest BCUT2D eigenvalue weighted by Crippen LogP contribution is -1.88. The first-order valence-electron chi connectivity index (χ1n) is 36.7. The third-order valence-electron chi connectivity index (χ3n) is 23.2. The first-order valence-corrected chi connectivity index (χ1v) is 36.7. The third kappa shape index (κ3) is 8.22. The summed E-state index contributed by atoms with van der Waals surface area (Å²) < 4.78 is 27.9. The number of nitrogens with one attached hydrogen (secondary N) is 2. The van der Waals surface area contributed by atoms with Gasteiger partial charge in [-0.15, -0.1) is 0 Å². The van der Waals surface area contributed by atoms with E-state index in [1.807, 2.05) is 24.3 Å². The topological polar surface area (TPSA) is 110 Å². The van der Waals surface area contributed by atoms with Crippen LogP contribution in [-0.4, -0.2) is 19.9 Å². The average molecular weight is 1380 g/mol. The van der Waals surface area contributed by atoms with E-state index in [1.165, 1.54) is 0 Å². The Morgan fingerprint density at radius 1 is 0.176 bits per heavy atom. The minimum Gasteiger partial charge on any atom is -0.456 e. The van der Waals surface area contributed by atoms with Crippen LogP contribution in [0.25, 0.3) is 264 Å². The largest absolute Gasteiger partial charge is 0.456 e. The Bertz CT molecular complexity index is 7270. The molecular weight excluding hydrogens is 1320 g/mol. The van der Waals surface area contributed by atoms with Gasteiger partial charge in [0, 0.05) is 109 Å². The van der Waals surface area contributed by atoms with Crippen LogP contribution in [0.5, 0.6) is 0 Å². The molecule has 498 valence electrons. The van der Waals surface area contributed by atoms with E-state index in [0.717, 1.165) is 264 Å². The number of benzene rings is 16. The molecule has 0 fully saturated rings. The molecule has 22 aromatic rings. The standard InChI is InChI=1S/C100H54N4O4/c1-2-18-54-42-74-73(41-53(54)17-1)93-89(61-33-37-69-65-25-9-13-29-81(65)105-85(69)49-61)95-75-43-55-19-3-4-20-56(55)44-76(75)97(102-95)91(63-35-39-71-67-27-11-15-31-83(67)107-87(71)51-63)99-79-47-59-23-7-8-24-60(59)48-80(79)100(104-99)92(64-36-40-72-68-28-12-16-32-84(68)108-88(72)52-64)98-78-46-58-22-6-5-21-57(58)45-77(78)96(103-98)90(94(74)101-93)62-34-38-70-66-26-10-14-30-82(66)106-86(70)50-62/h1-52,101,104H. The second-order valence-corrected chi connectivity index (χ2v) is 29.1. The Labute approximate surface area is 613 Å². The molecule has 0 saturated heterocycles. The number of H-pyrrole nitrogens is 2. The SMILES string of the molecule is c1ccc2cc3c(cc2c1)-c1nc-3c(-c2ccc3c(c2)oc2ccccc23)c2[nH]c(c(-c3ccc4c(c3)oc3ccccc34)c3nc(c(-c4ccc5c(c4)oc4ccccc45)c4[nH]c(c1-c1ccc5c(c1)oc1ccccc15)c1cc5ccccc5cc41)-c1cc4ccccc4cc1-3)c1cc3ccccc3cc21. The molecule has 1 aliphatic carbocycles. The summed E-state index contributed by atoms with van der Waals surface area (Å²) in [5.74, 6) is 0. The molecule has 0 spiro atoms. The van der Waals surface area contributed by atoms with E-state index >= 15 is 0 Å². The van der Waals surface area contributed by atoms with Crippen LogP contribution in [0.2, 0.25) is 0 Å². The van der Waals surface area contributed by atoms with Crippen molar-refractivity contribution < 1.29 is 17.7 Å². The van der Waals surface area contributed by atoms with Crippen molar-refractivity contribution in [3.05, 3.63) is 315 Å². The quantitative estimate of drug-likeness (QED) is 0.182. The van der Waals surface area contributed by atoms with Crippen molar-refractivity contribution in [3.63, 3.8) is 0 Å². The highest BCUT2D eigenvalue weighted by Gasteiger charge is 2.33. The second kappa shape index (κ2) is 21.5. The van der Waals surface area contributed by atoms with Crippen molar-refractivity contribution in [1.29, 1.82) is 0 Å². The summed E-state index contributed by atoms with van der Waals surface area (Å²) >= 11 is 0.